The lowest BCUT2D eigenvalue weighted by Crippen LogP contribution is -2.11. The minimum Gasteiger partial charge on any atom is -0.508 e. The molecule has 1 aromatic carbocycles. The van der Waals surface area contributed by atoms with E-state index in [4.69, 9.17) is 14.2 Å². The van der Waals surface area contributed by atoms with E-state index < -0.39 is 0 Å². The molecule has 2 aliphatic rings. The number of epoxide rings is 2. The molecule has 2 saturated heterocycles. The first-order valence-corrected chi connectivity index (χ1v) is 7.47. The zero-order valence-corrected chi connectivity index (χ0v) is 13.4. The second-order valence-electron chi connectivity index (χ2n) is 6.72. The van der Waals surface area contributed by atoms with Crippen molar-refractivity contribution in [2.45, 2.75) is 45.3 Å². The fourth-order valence-electron chi connectivity index (χ4n) is 1.91. The smallest absolute Gasteiger partial charge is 0.119 e. The summed E-state index contributed by atoms with van der Waals surface area (Å²) in [4.78, 5) is 0. The molecule has 0 saturated carbocycles. The van der Waals surface area contributed by atoms with Gasteiger partial charge in [0.15, 0.2) is 0 Å². The summed E-state index contributed by atoms with van der Waals surface area (Å²) in [7, 11) is 0. The highest BCUT2D eigenvalue weighted by Crippen LogP contribution is 2.30. The van der Waals surface area contributed by atoms with Crippen molar-refractivity contribution in [3.05, 3.63) is 29.3 Å². The van der Waals surface area contributed by atoms with E-state index in [0.717, 1.165) is 32.0 Å². The van der Waals surface area contributed by atoms with E-state index in [0.29, 0.717) is 18.0 Å². The van der Waals surface area contributed by atoms with Crippen LogP contribution in [0.2, 0.25) is 0 Å². The summed E-state index contributed by atoms with van der Waals surface area (Å²) < 4.78 is 15.1. The molecule has 2 atom stereocenters. The molecule has 0 bridgehead atoms. The predicted molar refractivity (Wildman–Crippen MR) is 81.8 cm³/mol. The van der Waals surface area contributed by atoms with Gasteiger partial charge < -0.3 is 19.3 Å². The number of phenolic OH excluding ortho intramolecular Hbond substituents is 1. The van der Waals surface area contributed by atoms with Gasteiger partial charge in [-0.3, -0.25) is 0 Å². The van der Waals surface area contributed by atoms with Crippen LogP contribution in [0.1, 0.15) is 31.9 Å². The molecule has 3 rings (SSSR count). The average molecular weight is 294 g/mol. The highest BCUT2D eigenvalue weighted by Gasteiger charge is 2.26. The van der Waals surface area contributed by atoms with Gasteiger partial charge in [0.1, 0.15) is 18.0 Å². The topological polar surface area (TPSA) is 54.5 Å². The molecule has 2 fully saturated rings. The maximum Gasteiger partial charge on any atom is 0.119 e. The van der Waals surface area contributed by atoms with Gasteiger partial charge >= 0.3 is 0 Å². The van der Waals surface area contributed by atoms with Crippen molar-refractivity contribution in [1.82, 2.24) is 0 Å². The summed E-state index contributed by atoms with van der Waals surface area (Å²) >= 11 is 0. The number of aryl methyl sites for hydroxylation is 1. The van der Waals surface area contributed by atoms with Gasteiger partial charge in [0.25, 0.3) is 0 Å². The van der Waals surface area contributed by atoms with E-state index in [1.807, 2.05) is 19.1 Å². The minimum absolute atomic E-state index is 0.0239. The molecule has 0 aromatic heterocycles. The van der Waals surface area contributed by atoms with Crippen molar-refractivity contribution in [1.29, 1.82) is 0 Å². The van der Waals surface area contributed by atoms with Crippen LogP contribution in [0.4, 0.5) is 0 Å². The number of hydrogen-bond donors (Lipinski definition) is 1. The Morgan fingerprint density at radius 2 is 1.67 bits per heavy atom. The van der Waals surface area contributed by atoms with Gasteiger partial charge in [-0.1, -0.05) is 38.5 Å². The van der Waals surface area contributed by atoms with Gasteiger partial charge in [-0.05, 0) is 24.0 Å². The summed E-state index contributed by atoms with van der Waals surface area (Å²) in [6, 6.07) is 5.72. The maximum atomic E-state index is 9.57. The van der Waals surface area contributed by atoms with Gasteiger partial charge in [0.05, 0.1) is 26.4 Å². The Morgan fingerprint density at radius 3 is 2.05 bits per heavy atom. The lowest BCUT2D eigenvalue weighted by molar-refractivity contribution is 0.102. The molecule has 0 amide bonds. The predicted octanol–water partition coefficient (Wildman–Crippen LogP) is 2.80. The monoisotopic (exact) mass is 294 g/mol. The highest BCUT2D eigenvalue weighted by atomic mass is 16.6. The minimum atomic E-state index is 0.0239. The molecule has 0 radical (unpaired) electrons. The molecule has 4 nitrogen and oxygen atoms in total. The van der Waals surface area contributed by atoms with Crippen molar-refractivity contribution >= 4 is 0 Å². The van der Waals surface area contributed by atoms with Crippen LogP contribution in [0.25, 0.3) is 0 Å². The average Bonchev–Trinajstić information content (AvgIpc) is 3.25. The second-order valence-corrected chi connectivity index (χ2v) is 6.72. The van der Waals surface area contributed by atoms with Crippen LogP contribution in [0.5, 0.6) is 5.75 Å². The third-order valence-corrected chi connectivity index (χ3v) is 3.37. The third-order valence-electron chi connectivity index (χ3n) is 3.37. The summed E-state index contributed by atoms with van der Waals surface area (Å²) in [6.45, 7) is 11.6. The molecule has 1 N–H and O–H groups in total. The molecule has 21 heavy (non-hydrogen) atoms. The second kappa shape index (κ2) is 6.77. The fourth-order valence-corrected chi connectivity index (χ4v) is 1.91. The summed E-state index contributed by atoms with van der Waals surface area (Å²) in [6.07, 6.45) is 0.785. The number of rotatable bonds is 4. The van der Waals surface area contributed by atoms with E-state index in [1.54, 1.807) is 6.07 Å². The zero-order chi connectivity index (χ0) is 15.5. The number of phenols is 1. The largest absolute Gasteiger partial charge is 0.508 e. The number of aromatic hydroxyl groups is 1. The summed E-state index contributed by atoms with van der Waals surface area (Å²) in [5, 5.41) is 9.57. The SMILES string of the molecule is C(OCC1CO1)C1CO1.Cc1ccc(O)c(C(C)(C)C)c1. The van der Waals surface area contributed by atoms with E-state index in [2.05, 4.69) is 20.8 Å². The standard InChI is InChI=1S/C11H16O.C6H10O3/c1-8-5-6-10(12)9(7-8)11(2,3)4;1(5-3-8-5)7-2-6-4-9-6/h5-7,12H,1-4H3;5-6H,1-4H2. The molecular weight excluding hydrogens is 268 g/mol. The molecule has 0 aliphatic carbocycles. The van der Waals surface area contributed by atoms with Gasteiger partial charge in [-0.2, -0.15) is 0 Å². The van der Waals surface area contributed by atoms with Gasteiger partial charge in [0, 0.05) is 0 Å². The Kier molecular flexibility index (Phi) is 5.25. The van der Waals surface area contributed by atoms with Crippen LogP contribution in [-0.2, 0) is 19.6 Å². The molecule has 118 valence electrons. The van der Waals surface area contributed by atoms with E-state index in [9.17, 15) is 5.11 Å². The van der Waals surface area contributed by atoms with E-state index in [1.165, 1.54) is 5.56 Å². The zero-order valence-electron chi connectivity index (χ0n) is 13.4. The molecule has 2 aliphatic heterocycles. The van der Waals surface area contributed by atoms with Crippen molar-refractivity contribution in [3.8, 4) is 5.75 Å². The molecular formula is C17H26O4. The first kappa shape index (κ1) is 16.3. The van der Waals surface area contributed by atoms with Crippen molar-refractivity contribution < 1.29 is 19.3 Å². The van der Waals surface area contributed by atoms with Crippen LogP contribution in [-0.4, -0.2) is 43.7 Å². The normalized spacial score (nSPS) is 23.2. The Morgan fingerprint density at radius 1 is 1.14 bits per heavy atom. The van der Waals surface area contributed by atoms with E-state index in [-0.39, 0.29) is 5.41 Å². The van der Waals surface area contributed by atoms with Crippen LogP contribution < -0.4 is 0 Å². The quantitative estimate of drug-likeness (QED) is 0.868. The fraction of sp³-hybridized carbons (Fsp3) is 0.647. The molecule has 1 aromatic rings. The Hall–Kier alpha value is -1.10. The Labute approximate surface area is 127 Å². The lowest BCUT2D eigenvalue weighted by atomic mass is 9.85. The van der Waals surface area contributed by atoms with Crippen LogP contribution in [0, 0.1) is 6.92 Å². The molecule has 2 unspecified atom stereocenters. The van der Waals surface area contributed by atoms with Crippen LogP contribution >= 0.6 is 0 Å². The van der Waals surface area contributed by atoms with Crippen molar-refractivity contribution in [2.75, 3.05) is 26.4 Å². The van der Waals surface area contributed by atoms with Crippen molar-refractivity contribution in [3.63, 3.8) is 0 Å². The lowest BCUT2D eigenvalue weighted by Gasteiger charge is -2.20. The van der Waals surface area contributed by atoms with Crippen LogP contribution in [0.15, 0.2) is 18.2 Å². The first-order valence-electron chi connectivity index (χ1n) is 7.47. The van der Waals surface area contributed by atoms with Gasteiger partial charge in [0.2, 0.25) is 0 Å². The van der Waals surface area contributed by atoms with E-state index >= 15 is 0 Å². The maximum absolute atomic E-state index is 9.57. The van der Waals surface area contributed by atoms with Crippen molar-refractivity contribution in [2.24, 2.45) is 0 Å². The third kappa shape index (κ3) is 6.04. The molecule has 4 heteroatoms. The summed E-state index contributed by atoms with van der Waals surface area (Å²) in [5.74, 6) is 0.396. The highest BCUT2D eigenvalue weighted by molar-refractivity contribution is 5.39. The Bertz CT molecular complexity index is 444. The first-order chi connectivity index (χ1) is 9.86. The number of hydrogen-bond acceptors (Lipinski definition) is 4. The summed E-state index contributed by atoms with van der Waals surface area (Å²) in [5.41, 5.74) is 2.23. The molecule has 2 heterocycles. The molecule has 0 spiro atoms. The number of ether oxygens (including phenoxy) is 3. The number of benzene rings is 1. The van der Waals surface area contributed by atoms with Crippen LogP contribution in [0.3, 0.4) is 0 Å². The van der Waals surface area contributed by atoms with Gasteiger partial charge in [-0.25, -0.2) is 0 Å². The Balaban J connectivity index is 0.000000159. The van der Waals surface area contributed by atoms with Gasteiger partial charge in [-0.15, -0.1) is 0 Å².